The van der Waals surface area contributed by atoms with Gasteiger partial charge in [-0.3, -0.25) is 4.90 Å². The van der Waals surface area contributed by atoms with Crippen LogP contribution in [0.5, 0.6) is 0 Å². The van der Waals surface area contributed by atoms with E-state index in [1.807, 2.05) is 48.5 Å². The van der Waals surface area contributed by atoms with Crippen molar-refractivity contribution in [2.45, 2.75) is 37.9 Å². The van der Waals surface area contributed by atoms with E-state index >= 15 is 0 Å². The molecule has 0 heterocycles. The zero-order chi connectivity index (χ0) is 26.1. The van der Waals surface area contributed by atoms with Gasteiger partial charge < -0.3 is 9.84 Å². The Balaban J connectivity index is 1.65. The number of rotatable bonds is 7. The third kappa shape index (κ3) is 4.43. The Labute approximate surface area is 207 Å². The summed E-state index contributed by atoms with van der Waals surface area (Å²) in [6.45, 7) is 2.92. The third-order valence-corrected chi connectivity index (χ3v) is 6.71. The number of aliphatic carboxylic acids is 1. The molecule has 1 aliphatic rings. The number of fused-ring (bicyclic) bond motifs is 3. The topological polar surface area (TPSA) is 66.8 Å². The van der Waals surface area contributed by atoms with E-state index in [1.54, 1.807) is 6.92 Å². The maximum Gasteiger partial charge on any atom is 0.416 e. The molecule has 5 nitrogen and oxygen atoms in total. The van der Waals surface area contributed by atoms with E-state index in [1.165, 1.54) is 13.0 Å². The second-order valence-electron chi connectivity index (χ2n) is 8.91. The van der Waals surface area contributed by atoms with E-state index in [0.29, 0.717) is 6.42 Å². The molecule has 0 saturated heterocycles. The summed E-state index contributed by atoms with van der Waals surface area (Å²) in [4.78, 5) is 26.8. The summed E-state index contributed by atoms with van der Waals surface area (Å²) in [7, 11) is 0. The van der Waals surface area contributed by atoms with Crippen molar-refractivity contribution in [3.05, 3.63) is 95.1 Å². The summed E-state index contributed by atoms with van der Waals surface area (Å²) < 4.78 is 45.7. The highest BCUT2D eigenvalue weighted by atomic mass is 19.4. The fraction of sp³-hybridized carbons (Fsp3) is 0.286. The van der Waals surface area contributed by atoms with Crippen LogP contribution in [0.15, 0.2) is 72.8 Å². The predicted octanol–water partition coefficient (Wildman–Crippen LogP) is 6.67. The lowest BCUT2D eigenvalue weighted by molar-refractivity contribution is -0.150. The molecule has 8 heteroatoms. The average Bonchev–Trinajstić information content (AvgIpc) is 3.18. The Hall–Kier alpha value is -3.81. The van der Waals surface area contributed by atoms with E-state index in [-0.39, 0.29) is 24.6 Å². The van der Waals surface area contributed by atoms with Gasteiger partial charge in [0.05, 0.1) is 5.56 Å². The first-order chi connectivity index (χ1) is 17.1. The lowest BCUT2D eigenvalue weighted by atomic mass is 9.88. The number of carboxylic acids is 1. The molecule has 0 spiro atoms. The smallest absolute Gasteiger partial charge is 0.416 e. The molecular weight excluding hydrogens is 471 g/mol. The van der Waals surface area contributed by atoms with Gasteiger partial charge >= 0.3 is 18.2 Å². The van der Waals surface area contributed by atoms with Crippen molar-refractivity contribution in [3.8, 4) is 11.1 Å². The van der Waals surface area contributed by atoms with Crippen LogP contribution < -0.4 is 0 Å². The first-order valence-corrected chi connectivity index (χ1v) is 11.6. The summed E-state index contributed by atoms with van der Waals surface area (Å²) in [6.07, 6.45) is -5.18. The van der Waals surface area contributed by atoms with Gasteiger partial charge in [-0.15, -0.1) is 0 Å². The van der Waals surface area contributed by atoms with Crippen molar-refractivity contribution in [1.82, 2.24) is 4.90 Å². The van der Waals surface area contributed by atoms with E-state index in [2.05, 4.69) is 0 Å². The number of hydrogen-bond acceptors (Lipinski definition) is 3. The Morgan fingerprint density at radius 1 is 0.917 bits per heavy atom. The largest absolute Gasteiger partial charge is 0.479 e. The van der Waals surface area contributed by atoms with Gasteiger partial charge in [-0.1, -0.05) is 67.6 Å². The predicted molar refractivity (Wildman–Crippen MR) is 128 cm³/mol. The summed E-state index contributed by atoms with van der Waals surface area (Å²) in [5.41, 5.74) is 0.848. The molecule has 0 fully saturated rings. The zero-order valence-electron chi connectivity index (χ0n) is 19.9. The number of carbonyl (C=O) groups is 2. The molecule has 1 amide bonds. The number of nitrogens with zero attached hydrogens (tertiary/aromatic N) is 1. The number of halogens is 3. The third-order valence-electron chi connectivity index (χ3n) is 6.71. The molecule has 3 aromatic carbocycles. The van der Waals surface area contributed by atoms with Crippen LogP contribution in [-0.4, -0.2) is 35.2 Å². The van der Waals surface area contributed by atoms with E-state index in [0.717, 1.165) is 45.4 Å². The molecular formula is C28H26F3NO4. The summed E-state index contributed by atoms with van der Waals surface area (Å²) in [5.74, 6) is -1.70. The molecule has 1 aliphatic carbocycles. The van der Waals surface area contributed by atoms with Gasteiger partial charge in [0.15, 0.2) is 5.54 Å². The Morgan fingerprint density at radius 2 is 1.47 bits per heavy atom. The summed E-state index contributed by atoms with van der Waals surface area (Å²) in [6, 6.07) is 19.6. The van der Waals surface area contributed by atoms with Crippen LogP contribution in [0.4, 0.5) is 18.0 Å². The summed E-state index contributed by atoms with van der Waals surface area (Å²) >= 11 is 0. The molecule has 0 aliphatic heterocycles. The number of alkyl halides is 3. The SMILES string of the molecule is CCCN(C(=O)OCC1c2ccccc2-c2ccccc21)C(C)(C(=O)O)c1cccc(C(F)(F)F)c1. The monoisotopic (exact) mass is 497 g/mol. The highest BCUT2D eigenvalue weighted by Gasteiger charge is 2.46. The van der Waals surface area contributed by atoms with E-state index < -0.39 is 29.3 Å². The molecule has 36 heavy (non-hydrogen) atoms. The van der Waals surface area contributed by atoms with Crippen molar-refractivity contribution in [3.63, 3.8) is 0 Å². The molecule has 4 rings (SSSR count). The van der Waals surface area contributed by atoms with E-state index in [4.69, 9.17) is 4.74 Å². The van der Waals surface area contributed by atoms with Gasteiger partial charge in [0.1, 0.15) is 6.61 Å². The fourth-order valence-electron chi connectivity index (χ4n) is 4.79. The fourth-order valence-corrected chi connectivity index (χ4v) is 4.79. The van der Waals surface area contributed by atoms with Gasteiger partial charge in [-0.25, -0.2) is 9.59 Å². The van der Waals surface area contributed by atoms with Crippen molar-refractivity contribution < 1.29 is 32.6 Å². The normalized spacial score (nSPS) is 14.5. The molecule has 0 saturated carbocycles. The van der Waals surface area contributed by atoms with E-state index in [9.17, 15) is 27.9 Å². The highest BCUT2D eigenvalue weighted by molar-refractivity contribution is 5.86. The molecule has 1 N–H and O–H groups in total. The first kappa shape index (κ1) is 25.3. The number of carbonyl (C=O) groups excluding carboxylic acids is 1. The number of carboxylic acid groups (broad SMARTS) is 1. The Bertz CT molecular complexity index is 1240. The average molecular weight is 498 g/mol. The van der Waals surface area contributed by atoms with Crippen LogP contribution in [0, 0.1) is 0 Å². The zero-order valence-corrected chi connectivity index (χ0v) is 19.9. The van der Waals surface area contributed by atoms with Crippen LogP contribution in [0.2, 0.25) is 0 Å². The molecule has 1 unspecified atom stereocenters. The van der Waals surface area contributed by atoms with Crippen molar-refractivity contribution in [1.29, 1.82) is 0 Å². The minimum atomic E-state index is -4.66. The molecule has 0 radical (unpaired) electrons. The van der Waals surface area contributed by atoms with Crippen LogP contribution in [0.3, 0.4) is 0 Å². The van der Waals surface area contributed by atoms with Crippen LogP contribution in [0.1, 0.15) is 48.4 Å². The maximum atomic E-state index is 13.3. The van der Waals surface area contributed by atoms with Crippen molar-refractivity contribution in [2.24, 2.45) is 0 Å². The first-order valence-electron chi connectivity index (χ1n) is 11.6. The number of ether oxygens (including phenoxy) is 1. The van der Waals surface area contributed by atoms with Gasteiger partial charge in [0.25, 0.3) is 0 Å². The highest BCUT2D eigenvalue weighted by Crippen LogP contribution is 2.44. The quantitative estimate of drug-likeness (QED) is 0.396. The van der Waals surface area contributed by atoms with Gasteiger partial charge in [-0.2, -0.15) is 13.2 Å². The molecule has 3 aromatic rings. The van der Waals surface area contributed by atoms with Gasteiger partial charge in [-0.05, 0) is 53.3 Å². The van der Waals surface area contributed by atoms with Gasteiger partial charge in [0.2, 0.25) is 0 Å². The lowest BCUT2D eigenvalue weighted by Gasteiger charge is -2.38. The Kier molecular flexibility index (Phi) is 6.80. The lowest BCUT2D eigenvalue weighted by Crippen LogP contribution is -2.53. The van der Waals surface area contributed by atoms with Gasteiger partial charge in [0, 0.05) is 12.5 Å². The Morgan fingerprint density at radius 3 is 2.00 bits per heavy atom. The van der Waals surface area contributed by atoms with Crippen LogP contribution >= 0.6 is 0 Å². The number of hydrogen-bond donors (Lipinski definition) is 1. The number of benzene rings is 3. The maximum absolute atomic E-state index is 13.3. The van der Waals surface area contributed by atoms with Crippen LogP contribution in [0.25, 0.3) is 11.1 Å². The second kappa shape index (κ2) is 9.68. The standard InChI is InChI=1S/C28H26F3NO4/c1-3-15-32(27(2,25(33)34)18-9-8-10-19(16-18)28(29,30)31)26(35)36-17-24-22-13-6-4-11-20(22)21-12-5-7-14-23(21)24/h4-14,16,24H,3,15,17H2,1-2H3,(H,33,34). The molecule has 0 aromatic heterocycles. The second-order valence-corrected chi connectivity index (χ2v) is 8.91. The van der Waals surface area contributed by atoms with Crippen LogP contribution in [-0.2, 0) is 21.2 Å². The minimum absolute atomic E-state index is 0.0181. The number of amides is 1. The molecule has 0 bridgehead atoms. The minimum Gasteiger partial charge on any atom is -0.479 e. The van der Waals surface area contributed by atoms with Crippen molar-refractivity contribution >= 4 is 12.1 Å². The summed E-state index contributed by atoms with van der Waals surface area (Å²) in [5, 5.41) is 10.1. The molecule has 1 atom stereocenters. The van der Waals surface area contributed by atoms with Crippen molar-refractivity contribution in [2.75, 3.05) is 13.2 Å². The molecule has 188 valence electrons.